The van der Waals surface area contributed by atoms with Crippen molar-refractivity contribution in [2.24, 2.45) is 0 Å². The molecule has 0 bridgehead atoms. The SMILES string of the molecule is N#CC1CCCN1C(=O)[C@@H]1C[C@H](NCc2cccnc2)CN1. The normalized spacial score (nSPS) is 27.8. The molecule has 0 saturated carbocycles. The van der Waals surface area contributed by atoms with Gasteiger partial charge in [-0.05, 0) is 30.9 Å². The van der Waals surface area contributed by atoms with Crippen molar-refractivity contribution in [2.45, 2.75) is 43.9 Å². The van der Waals surface area contributed by atoms with Crippen LogP contribution in [-0.4, -0.2) is 47.0 Å². The summed E-state index contributed by atoms with van der Waals surface area (Å²) in [5.41, 5.74) is 1.14. The fraction of sp³-hybridized carbons (Fsp3) is 0.562. The van der Waals surface area contributed by atoms with E-state index >= 15 is 0 Å². The van der Waals surface area contributed by atoms with E-state index in [2.05, 4.69) is 21.7 Å². The molecule has 6 heteroatoms. The van der Waals surface area contributed by atoms with Crippen LogP contribution in [0.5, 0.6) is 0 Å². The second kappa shape index (κ2) is 6.86. The van der Waals surface area contributed by atoms with Crippen molar-refractivity contribution in [1.29, 1.82) is 5.26 Å². The van der Waals surface area contributed by atoms with E-state index in [9.17, 15) is 4.79 Å². The Bertz CT molecular complexity index is 555. The summed E-state index contributed by atoms with van der Waals surface area (Å²) in [6, 6.07) is 6.06. The van der Waals surface area contributed by atoms with E-state index in [0.29, 0.717) is 6.54 Å². The van der Waals surface area contributed by atoms with E-state index < -0.39 is 0 Å². The molecule has 2 fully saturated rings. The van der Waals surface area contributed by atoms with Gasteiger partial charge in [-0.1, -0.05) is 6.07 Å². The quantitative estimate of drug-likeness (QED) is 0.842. The molecule has 0 spiro atoms. The van der Waals surface area contributed by atoms with Crippen molar-refractivity contribution in [3.8, 4) is 6.07 Å². The standard InChI is InChI=1S/C16H21N5O/c17-8-14-4-2-6-21(14)16(22)15-7-13(11-20-15)19-10-12-3-1-5-18-9-12/h1,3,5,9,13-15,19-20H,2,4,6-7,10-11H2/t13-,14?,15-/m0/s1. The number of hydrogen-bond acceptors (Lipinski definition) is 5. The number of amides is 1. The molecule has 116 valence electrons. The van der Waals surface area contributed by atoms with Crippen LogP contribution in [0.4, 0.5) is 0 Å². The molecule has 1 aromatic heterocycles. The molecule has 1 amide bonds. The number of carbonyl (C=O) groups is 1. The molecular formula is C16H21N5O. The predicted octanol–water partition coefficient (Wildman–Crippen LogP) is 0.416. The highest BCUT2D eigenvalue weighted by molar-refractivity contribution is 5.83. The summed E-state index contributed by atoms with van der Waals surface area (Å²) < 4.78 is 0. The van der Waals surface area contributed by atoms with Crippen LogP contribution in [0, 0.1) is 11.3 Å². The fourth-order valence-electron chi connectivity index (χ4n) is 3.21. The maximum absolute atomic E-state index is 12.5. The third kappa shape index (κ3) is 3.26. The van der Waals surface area contributed by atoms with Gasteiger partial charge in [0.15, 0.2) is 0 Å². The molecular weight excluding hydrogens is 278 g/mol. The van der Waals surface area contributed by atoms with Crippen molar-refractivity contribution in [1.82, 2.24) is 20.5 Å². The van der Waals surface area contributed by atoms with E-state index in [1.165, 1.54) is 0 Å². The van der Waals surface area contributed by atoms with Crippen LogP contribution in [0.3, 0.4) is 0 Å². The van der Waals surface area contributed by atoms with Crippen LogP contribution in [0.2, 0.25) is 0 Å². The van der Waals surface area contributed by atoms with Crippen LogP contribution >= 0.6 is 0 Å². The summed E-state index contributed by atoms with van der Waals surface area (Å²) in [4.78, 5) is 18.3. The molecule has 6 nitrogen and oxygen atoms in total. The van der Waals surface area contributed by atoms with Crippen LogP contribution in [0.1, 0.15) is 24.8 Å². The van der Waals surface area contributed by atoms with Crippen LogP contribution in [0.25, 0.3) is 0 Å². The molecule has 0 aromatic carbocycles. The number of hydrogen-bond donors (Lipinski definition) is 2. The Morgan fingerprint density at radius 3 is 3.27 bits per heavy atom. The Morgan fingerprint density at radius 1 is 1.59 bits per heavy atom. The van der Waals surface area contributed by atoms with Crippen LogP contribution < -0.4 is 10.6 Å². The first-order chi connectivity index (χ1) is 10.8. The summed E-state index contributed by atoms with van der Waals surface area (Å²) in [5.74, 6) is 0.0785. The number of carbonyl (C=O) groups excluding carboxylic acids is 1. The molecule has 3 heterocycles. The molecule has 22 heavy (non-hydrogen) atoms. The molecule has 2 N–H and O–H groups in total. The fourth-order valence-corrected chi connectivity index (χ4v) is 3.21. The molecule has 1 aromatic rings. The lowest BCUT2D eigenvalue weighted by Gasteiger charge is -2.23. The Labute approximate surface area is 130 Å². The molecule has 0 aliphatic carbocycles. The lowest BCUT2D eigenvalue weighted by molar-refractivity contribution is -0.133. The van der Waals surface area contributed by atoms with E-state index in [0.717, 1.165) is 37.9 Å². The summed E-state index contributed by atoms with van der Waals surface area (Å²) in [6.45, 7) is 2.25. The third-order valence-corrected chi connectivity index (χ3v) is 4.43. The average Bonchev–Trinajstić information content (AvgIpc) is 3.22. The lowest BCUT2D eigenvalue weighted by atomic mass is 10.1. The van der Waals surface area contributed by atoms with Crippen molar-refractivity contribution in [3.05, 3.63) is 30.1 Å². The van der Waals surface area contributed by atoms with E-state index in [1.807, 2.05) is 18.3 Å². The zero-order chi connectivity index (χ0) is 15.4. The Balaban J connectivity index is 1.50. The number of nitrogens with one attached hydrogen (secondary N) is 2. The minimum Gasteiger partial charge on any atom is -0.325 e. The van der Waals surface area contributed by atoms with Gasteiger partial charge in [0, 0.05) is 38.1 Å². The predicted molar refractivity (Wildman–Crippen MR) is 81.6 cm³/mol. The maximum Gasteiger partial charge on any atom is 0.240 e. The first-order valence-corrected chi connectivity index (χ1v) is 7.83. The molecule has 0 radical (unpaired) electrons. The maximum atomic E-state index is 12.5. The van der Waals surface area contributed by atoms with Gasteiger partial charge in [-0.2, -0.15) is 5.26 Å². The number of nitriles is 1. The van der Waals surface area contributed by atoms with Gasteiger partial charge in [-0.15, -0.1) is 0 Å². The first-order valence-electron chi connectivity index (χ1n) is 7.83. The second-order valence-corrected chi connectivity index (χ2v) is 5.95. The molecule has 1 unspecified atom stereocenters. The van der Waals surface area contributed by atoms with Crippen LogP contribution in [0.15, 0.2) is 24.5 Å². The summed E-state index contributed by atoms with van der Waals surface area (Å²) in [7, 11) is 0. The highest BCUT2D eigenvalue weighted by atomic mass is 16.2. The van der Waals surface area contributed by atoms with E-state index in [4.69, 9.17) is 5.26 Å². The van der Waals surface area contributed by atoms with Gasteiger partial charge in [0.25, 0.3) is 0 Å². The third-order valence-electron chi connectivity index (χ3n) is 4.43. The Hall–Kier alpha value is -1.97. The van der Waals surface area contributed by atoms with E-state index in [-0.39, 0.29) is 24.0 Å². The minimum absolute atomic E-state index is 0.0785. The molecule has 2 aliphatic rings. The zero-order valence-electron chi connectivity index (χ0n) is 12.5. The first kappa shape index (κ1) is 14.9. The minimum atomic E-state index is -0.239. The Morgan fingerprint density at radius 2 is 2.50 bits per heavy atom. The second-order valence-electron chi connectivity index (χ2n) is 5.95. The van der Waals surface area contributed by atoms with Gasteiger partial charge in [0.1, 0.15) is 6.04 Å². The monoisotopic (exact) mass is 299 g/mol. The molecule has 3 atom stereocenters. The molecule has 3 rings (SSSR count). The van der Waals surface area contributed by atoms with Crippen LogP contribution in [-0.2, 0) is 11.3 Å². The smallest absolute Gasteiger partial charge is 0.240 e. The van der Waals surface area contributed by atoms with Crippen molar-refractivity contribution >= 4 is 5.91 Å². The zero-order valence-corrected chi connectivity index (χ0v) is 12.5. The van der Waals surface area contributed by atoms with E-state index in [1.54, 1.807) is 11.1 Å². The molecule has 2 aliphatic heterocycles. The Kier molecular flexibility index (Phi) is 4.66. The topological polar surface area (TPSA) is 81.1 Å². The van der Waals surface area contributed by atoms with Gasteiger partial charge in [-0.25, -0.2) is 0 Å². The number of nitrogens with zero attached hydrogens (tertiary/aromatic N) is 3. The number of pyridine rings is 1. The van der Waals surface area contributed by atoms with Crippen molar-refractivity contribution in [2.75, 3.05) is 13.1 Å². The van der Waals surface area contributed by atoms with Gasteiger partial charge in [-0.3, -0.25) is 9.78 Å². The lowest BCUT2D eigenvalue weighted by Crippen LogP contribution is -2.45. The highest BCUT2D eigenvalue weighted by Crippen LogP contribution is 2.20. The van der Waals surface area contributed by atoms with Gasteiger partial charge in [0.05, 0.1) is 12.1 Å². The van der Waals surface area contributed by atoms with Gasteiger partial charge < -0.3 is 15.5 Å². The van der Waals surface area contributed by atoms with Gasteiger partial charge >= 0.3 is 0 Å². The largest absolute Gasteiger partial charge is 0.325 e. The highest BCUT2D eigenvalue weighted by Gasteiger charge is 2.36. The molecule has 2 saturated heterocycles. The number of likely N-dealkylation sites (tertiary alicyclic amines) is 1. The van der Waals surface area contributed by atoms with Crippen molar-refractivity contribution in [3.63, 3.8) is 0 Å². The van der Waals surface area contributed by atoms with Gasteiger partial charge in [0.2, 0.25) is 5.91 Å². The summed E-state index contributed by atoms with van der Waals surface area (Å²) >= 11 is 0. The van der Waals surface area contributed by atoms with Crippen molar-refractivity contribution < 1.29 is 4.79 Å². The average molecular weight is 299 g/mol. The number of aromatic nitrogens is 1. The number of rotatable bonds is 4. The summed E-state index contributed by atoms with van der Waals surface area (Å²) in [6.07, 6.45) is 6.11. The summed E-state index contributed by atoms with van der Waals surface area (Å²) in [5, 5.41) is 15.9.